The average Bonchev–Trinajstić information content (AvgIpc) is 3.12. The molecule has 1 heterocycles. The van der Waals surface area contributed by atoms with Crippen LogP contribution < -0.4 is 0 Å². The minimum Gasteiger partial charge on any atom is -0.352 e. The molecule has 130 valence electrons. The van der Waals surface area contributed by atoms with E-state index in [2.05, 4.69) is 86.0 Å². The molecule has 0 N–H and O–H groups in total. The maximum Gasteiger partial charge on any atom is 0.0824 e. The van der Waals surface area contributed by atoms with Crippen LogP contribution in [0.25, 0.3) is 0 Å². The lowest BCUT2D eigenvalue weighted by atomic mass is 9.93. The summed E-state index contributed by atoms with van der Waals surface area (Å²) in [6.45, 7) is 8.40. The maximum absolute atomic E-state index is 6.01. The van der Waals surface area contributed by atoms with Gasteiger partial charge in [-0.25, -0.2) is 0 Å². The van der Waals surface area contributed by atoms with E-state index in [9.17, 15) is 0 Å². The molecule has 4 atom stereocenters. The van der Waals surface area contributed by atoms with Crippen LogP contribution in [-0.4, -0.2) is 9.89 Å². The third-order valence-electron chi connectivity index (χ3n) is 5.56. The molecule has 0 amide bonds. The number of allylic oxidation sites excluding steroid dienone is 1. The molecule has 0 saturated carbocycles. The molecule has 25 heavy (non-hydrogen) atoms. The quantitative estimate of drug-likeness (QED) is 0.457. The summed E-state index contributed by atoms with van der Waals surface area (Å²) in [5.74, 6) is 0.684. The minimum absolute atomic E-state index is 0.308. The van der Waals surface area contributed by atoms with Gasteiger partial charge in [-0.1, -0.05) is 92.8 Å². The van der Waals surface area contributed by atoms with Crippen molar-refractivity contribution in [3.63, 3.8) is 0 Å². The lowest BCUT2D eigenvalue weighted by Gasteiger charge is -2.37. The van der Waals surface area contributed by atoms with Crippen LogP contribution in [0.15, 0.2) is 73.3 Å². The highest BCUT2D eigenvalue weighted by atomic mass is 32.1. The molecule has 0 bridgehead atoms. The molecular formula is C23H27NS. The monoisotopic (exact) mass is 349 g/mol. The Kier molecular flexibility index (Phi) is 5.70. The molecule has 1 fully saturated rings. The zero-order chi connectivity index (χ0) is 17.8. The molecule has 0 spiro atoms. The van der Waals surface area contributed by atoms with Crippen LogP contribution in [-0.2, 0) is 0 Å². The molecule has 1 nitrogen and oxygen atoms in total. The molecule has 0 unspecified atom stereocenters. The van der Waals surface area contributed by atoms with Gasteiger partial charge in [0.1, 0.15) is 0 Å². The summed E-state index contributed by atoms with van der Waals surface area (Å²) in [4.78, 5) is 3.57. The van der Waals surface area contributed by atoms with E-state index in [4.69, 9.17) is 12.2 Å². The Balaban J connectivity index is 1.97. The van der Waals surface area contributed by atoms with Crippen molar-refractivity contribution in [3.8, 4) is 0 Å². The van der Waals surface area contributed by atoms with Gasteiger partial charge in [0, 0.05) is 5.92 Å². The predicted octanol–water partition coefficient (Wildman–Crippen LogP) is 6.35. The Morgan fingerprint density at radius 2 is 1.40 bits per heavy atom. The highest BCUT2D eigenvalue weighted by Gasteiger charge is 2.38. The fourth-order valence-electron chi connectivity index (χ4n) is 3.79. The third-order valence-corrected chi connectivity index (χ3v) is 6.14. The van der Waals surface area contributed by atoms with Gasteiger partial charge in [-0.15, -0.1) is 6.58 Å². The summed E-state index contributed by atoms with van der Waals surface area (Å²) in [6.07, 6.45) is 4.29. The van der Waals surface area contributed by atoms with Gasteiger partial charge in [-0.05, 0) is 29.9 Å². The van der Waals surface area contributed by atoms with Crippen molar-refractivity contribution in [1.82, 2.24) is 4.90 Å². The topological polar surface area (TPSA) is 3.24 Å². The molecule has 0 radical (unpaired) electrons. The standard InChI is InChI=1S/C23H27NS/c1-4-17(2)18(3)23(25)24-21(19-11-7-5-8-12-19)15-16-22(24)20-13-9-6-10-14-20/h4-14,17-18,21-22H,1,15-16H2,2-3H3/t17-,18+,21-,22-/m1/s1. The minimum atomic E-state index is 0.308. The Morgan fingerprint density at radius 1 is 0.960 bits per heavy atom. The van der Waals surface area contributed by atoms with Crippen LogP contribution in [0.1, 0.15) is 49.9 Å². The normalized spacial score (nSPS) is 22.4. The van der Waals surface area contributed by atoms with Crippen LogP contribution in [0, 0.1) is 11.8 Å². The number of hydrogen-bond donors (Lipinski definition) is 0. The first-order valence-electron chi connectivity index (χ1n) is 9.18. The Bertz CT molecular complexity index is 662. The lowest BCUT2D eigenvalue weighted by Crippen LogP contribution is -2.37. The number of nitrogens with zero attached hydrogens (tertiary/aromatic N) is 1. The van der Waals surface area contributed by atoms with Gasteiger partial charge in [-0.3, -0.25) is 0 Å². The van der Waals surface area contributed by atoms with Gasteiger partial charge < -0.3 is 4.90 Å². The Labute approximate surface area is 157 Å². The van der Waals surface area contributed by atoms with Crippen LogP contribution in [0.4, 0.5) is 0 Å². The first-order chi connectivity index (χ1) is 12.1. The van der Waals surface area contributed by atoms with E-state index in [1.807, 2.05) is 6.08 Å². The number of thiocarbonyl (C=S) groups is 1. The number of rotatable bonds is 5. The first kappa shape index (κ1) is 17.9. The molecule has 1 aliphatic heterocycles. The molecular weight excluding hydrogens is 322 g/mol. The van der Waals surface area contributed by atoms with E-state index in [0.717, 1.165) is 17.8 Å². The zero-order valence-electron chi connectivity index (χ0n) is 15.1. The van der Waals surface area contributed by atoms with Gasteiger partial charge in [0.15, 0.2) is 0 Å². The van der Waals surface area contributed by atoms with Crippen LogP contribution >= 0.6 is 12.2 Å². The predicted molar refractivity (Wildman–Crippen MR) is 111 cm³/mol. The molecule has 0 aromatic heterocycles. The number of hydrogen-bond acceptors (Lipinski definition) is 1. The van der Waals surface area contributed by atoms with Gasteiger partial charge in [0.2, 0.25) is 0 Å². The van der Waals surface area contributed by atoms with Crippen LogP contribution in [0.3, 0.4) is 0 Å². The molecule has 2 aromatic carbocycles. The highest BCUT2D eigenvalue weighted by Crippen LogP contribution is 2.45. The van der Waals surface area contributed by atoms with Crippen LogP contribution in [0.5, 0.6) is 0 Å². The second-order valence-electron chi connectivity index (χ2n) is 7.06. The van der Waals surface area contributed by atoms with Crippen molar-refractivity contribution >= 4 is 17.2 Å². The van der Waals surface area contributed by atoms with E-state index in [-0.39, 0.29) is 0 Å². The lowest BCUT2D eigenvalue weighted by molar-refractivity contribution is 0.307. The van der Waals surface area contributed by atoms with E-state index >= 15 is 0 Å². The highest BCUT2D eigenvalue weighted by molar-refractivity contribution is 7.80. The summed E-state index contributed by atoms with van der Waals surface area (Å²) in [6, 6.07) is 22.3. The summed E-state index contributed by atoms with van der Waals surface area (Å²) in [5, 5.41) is 0. The SMILES string of the molecule is C=C[C@@H](C)[C@H](C)C(=S)N1[C@@H](c2ccccc2)CC[C@@H]1c1ccccc1. The summed E-state index contributed by atoms with van der Waals surface area (Å²) >= 11 is 6.01. The van der Waals surface area contributed by atoms with Gasteiger partial charge >= 0.3 is 0 Å². The first-order valence-corrected chi connectivity index (χ1v) is 9.59. The van der Waals surface area contributed by atoms with E-state index < -0.39 is 0 Å². The molecule has 1 saturated heterocycles. The smallest absolute Gasteiger partial charge is 0.0824 e. The number of likely N-dealkylation sites (tertiary alicyclic amines) is 1. The molecule has 2 aromatic rings. The zero-order valence-corrected chi connectivity index (χ0v) is 16.0. The van der Waals surface area contributed by atoms with Crippen LogP contribution in [0.2, 0.25) is 0 Å². The van der Waals surface area contributed by atoms with Crippen molar-refractivity contribution in [3.05, 3.63) is 84.4 Å². The van der Waals surface area contributed by atoms with E-state index in [0.29, 0.717) is 23.9 Å². The molecule has 3 rings (SSSR count). The number of benzene rings is 2. The second-order valence-corrected chi connectivity index (χ2v) is 7.48. The van der Waals surface area contributed by atoms with Crippen molar-refractivity contribution in [2.75, 3.05) is 0 Å². The molecule has 2 heteroatoms. The fourth-order valence-corrected chi connectivity index (χ4v) is 4.26. The average molecular weight is 350 g/mol. The van der Waals surface area contributed by atoms with Crippen molar-refractivity contribution in [2.24, 2.45) is 11.8 Å². The molecule has 1 aliphatic rings. The summed E-state index contributed by atoms with van der Waals surface area (Å²) < 4.78 is 0. The van der Waals surface area contributed by atoms with Crippen molar-refractivity contribution < 1.29 is 0 Å². The van der Waals surface area contributed by atoms with Gasteiger partial charge in [0.05, 0.1) is 17.1 Å². The van der Waals surface area contributed by atoms with Crippen molar-refractivity contribution in [1.29, 1.82) is 0 Å². The van der Waals surface area contributed by atoms with E-state index in [1.165, 1.54) is 11.1 Å². The Hall–Kier alpha value is -1.93. The largest absolute Gasteiger partial charge is 0.352 e. The fraction of sp³-hybridized carbons (Fsp3) is 0.348. The van der Waals surface area contributed by atoms with Crippen molar-refractivity contribution in [2.45, 2.75) is 38.8 Å². The molecule has 0 aliphatic carbocycles. The second kappa shape index (κ2) is 7.97. The van der Waals surface area contributed by atoms with Gasteiger partial charge in [0.25, 0.3) is 0 Å². The van der Waals surface area contributed by atoms with Gasteiger partial charge in [-0.2, -0.15) is 0 Å². The Morgan fingerprint density at radius 3 is 1.80 bits per heavy atom. The summed E-state index contributed by atoms with van der Waals surface area (Å²) in [5.41, 5.74) is 2.73. The third kappa shape index (κ3) is 3.69. The van der Waals surface area contributed by atoms with E-state index in [1.54, 1.807) is 0 Å². The maximum atomic E-state index is 6.01. The summed E-state index contributed by atoms with van der Waals surface area (Å²) in [7, 11) is 0.